The zero-order valence-corrected chi connectivity index (χ0v) is 18.5. The molecule has 0 fully saturated rings. The lowest BCUT2D eigenvalue weighted by atomic mass is 9.93. The van der Waals surface area contributed by atoms with Crippen molar-refractivity contribution in [2.45, 2.75) is 19.4 Å². The summed E-state index contributed by atoms with van der Waals surface area (Å²) in [6.07, 6.45) is 0.615. The highest BCUT2D eigenvalue weighted by atomic mass is 16.5. The Morgan fingerprint density at radius 3 is 2.25 bits per heavy atom. The molecule has 0 aromatic heterocycles. The Bertz CT molecular complexity index is 1140. The molecule has 0 spiro atoms. The Hall–Kier alpha value is -3.73. The predicted octanol–water partition coefficient (Wildman–Crippen LogP) is 5.11. The summed E-state index contributed by atoms with van der Waals surface area (Å²) in [7, 11) is 3.21. The van der Waals surface area contributed by atoms with E-state index in [-0.39, 0.29) is 17.7 Å². The van der Waals surface area contributed by atoms with Crippen molar-refractivity contribution < 1.29 is 19.4 Å². The minimum atomic E-state index is -0.356. The molecule has 1 heterocycles. The van der Waals surface area contributed by atoms with Crippen molar-refractivity contribution in [3.63, 3.8) is 0 Å². The molecule has 0 radical (unpaired) electrons. The molecule has 5 nitrogen and oxygen atoms in total. The van der Waals surface area contributed by atoms with Crippen LogP contribution in [0.3, 0.4) is 0 Å². The van der Waals surface area contributed by atoms with Crippen LogP contribution in [0.1, 0.15) is 28.3 Å². The van der Waals surface area contributed by atoms with Gasteiger partial charge in [0.1, 0.15) is 0 Å². The maximum absolute atomic E-state index is 13.2. The first-order valence-corrected chi connectivity index (χ1v) is 10.6. The monoisotopic (exact) mass is 429 g/mol. The zero-order chi connectivity index (χ0) is 22.7. The molecule has 1 aliphatic heterocycles. The Morgan fingerprint density at radius 1 is 0.906 bits per heavy atom. The number of carbonyl (C=O) groups is 1. The van der Waals surface area contributed by atoms with Crippen LogP contribution in [0.15, 0.2) is 78.6 Å². The maximum atomic E-state index is 13.2. The van der Waals surface area contributed by atoms with Gasteiger partial charge in [0.2, 0.25) is 0 Å². The first-order valence-electron chi connectivity index (χ1n) is 10.6. The van der Waals surface area contributed by atoms with E-state index in [1.54, 1.807) is 19.1 Å². The van der Waals surface area contributed by atoms with E-state index in [4.69, 9.17) is 9.47 Å². The summed E-state index contributed by atoms with van der Waals surface area (Å²) in [6.45, 7) is 2.48. The molecule has 1 unspecified atom stereocenters. The fourth-order valence-electron chi connectivity index (χ4n) is 4.18. The summed E-state index contributed by atoms with van der Waals surface area (Å²) in [6, 6.07) is 23.1. The van der Waals surface area contributed by atoms with Crippen LogP contribution in [0.2, 0.25) is 0 Å². The summed E-state index contributed by atoms with van der Waals surface area (Å²) in [5.41, 5.74) is 4.62. The maximum Gasteiger partial charge on any atom is 0.289 e. The molecule has 1 N–H and O–H groups in total. The highest BCUT2D eigenvalue weighted by molar-refractivity contribution is 6.05. The van der Waals surface area contributed by atoms with Crippen molar-refractivity contribution in [1.29, 1.82) is 0 Å². The molecule has 32 heavy (non-hydrogen) atoms. The number of benzene rings is 3. The zero-order valence-electron chi connectivity index (χ0n) is 18.5. The number of nitrogens with zero attached hydrogens (tertiary/aromatic N) is 1. The smallest absolute Gasteiger partial charge is 0.289 e. The molecule has 1 amide bonds. The van der Waals surface area contributed by atoms with Gasteiger partial charge in [-0.25, -0.2) is 0 Å². The minimum absolute atomic E-state index is 0.186. The van der Waals surface area contributed by atoms with E-state index in [1.165, 1.54) is 0 Å². The third-order valence-electron chi connectivity index (χ3n) is 5.87. The van der Waals surface area contributed by atoms with E-state index in [9.17, 15) is 9.90 Å². The number of aliphatic hydroxyl groups is 1. The Kier molecular flexibility index (Phi) is 6.17. The SMILES string of the molecule is COc1ccc(CCN2C(=O)C(O)=C(c3ccccc3)C2c2ccc(C)cc2)cc1OC. The Balaban J connectivity index is 1.68. The van der Waals surface area contributed by atoms with E-state index in [0.29, 0.717) is 30.0 Å². The van der Waals surface area contributed by atoms with Crippen molar-refractivity contribution >= 4 is 11.5 Å². The molecule has 0 bridgehead atoms. The third kappa shape index (κ3) is 4.06. The fraction of sp³-hybridized carbons (Fsp3) is 0.222. The second-order valence-electron chi connectivity index (χ2n) is 7.88. The van der Waals surface area contributed by atoms with Gasteiger partial charge < -0.3 is 19.5 Å². The molecular weight excluding hydrogens is 402 g/mol. The normalized spacial score (nSPS) is 15.9. The van der Waals surface area contributed by atoms with Crippen molar-refractivity contribution in [2.24, 2.45) is 0 Å². The summed E-state index contributed by atoms with van der Waals surface area (Å²) in [5, 5.41) is 10.9. The topological polar surface area (TPSA) is 59.0 Å². The number of methoxy groups -OCH3 is 2. The van der Waals surface area contributed by atoms with Crippen LogP contribution in [0.4, 0.5) is 0 Å². The van der Waals surface area contributed by atoms with E-state index in [1.807, 2.05) is 79.7 Å². The average molecular weight is 430 g/mol. The van der Waals surface area contributed by atoms with Gasteiger partial charge in [-0.3, -0.25) is 4.79 Å². The highest BCUT2D eigenvalue weighted by Crippen LogP contribution is 2.43. The molecule has 1 atom stereocenters. The predicted molar refractivity (Wildman–Crippen MR) is 125 cm³/mol. The van der Waals surface area contributed by atoms with Crippen molar-refractivity contribution in [1.82, 2.24) is 4.90 Å². The first-order chi connectivity index (χ1) is 15.5. The van der Waals surface area contributed by atoms with E-state index in [2.05, 4.69) is 0 Å². The highest BCUT2D eigenvalue weighted by Gasteiger charge is 2.40. The largest absolute Gasteiger partial charge is 0.503 e. The Morgan fingerprint density at radius 2 is 1.59 bits per heavy atom. The van der Waals surface area contributed by atoms with E-state index in [0.717, 1.165) is 22.3 Å². The number of carbonyl (C=O) groups excluding carboxylic acids is 1. The van der Waals surface area contributed by atoms with Gasteiger partial charge in [-0.2, -0.15) is 0 Å². The van der Waals surface area contributed by atoms with Crippen LogP contribution in [-0.4, -0.2) is 36.7 Å². The molecule has 164 valence electrons. The lowest BCUT2D eigenvalue weighted by molar-refractivity contribution is -0.129. The number of rotatable bonds is 7. The molecule has 5 heteroatoms. The minimum Gasteiger partial charge on any atom is -0.503 e. The van der Waals surface area contributed by atoms with Gasteiger partial charge in [-0.05, 0) is 42.2 Å². The van der Waals surface area contributed by atoms with Gasteiger partial charge in [0.05, 0.1) is 20.3 Å². The van der Waals surface area contributed by atoms with Gasteiger partial charge >= 0.3 is 0 Å². The van der Waals surface area contributed by atoms with Gasteiger partial charge in [-0.15, -0.1) is 0 Å². The molecule has 4 rings (SSSR count). The second kappa shape index (κ2) is 9.18. The standard InChI is InChI=1S/C27H27NO4/c1-18-9-12-21(13-10-18)25-24(20-7-5-4-6-8-20)26(29)27(30)28(25)16-15-19-11-14-22(31-2)23(17-19)32-3/h4-14,17,25,29H,15-16H2,1-3H3. The second-order valence-corrected chi connectivity index (χ2v) is 7.88. The summed E-state index contributed by atoms with van der Waals surface area (Å²) in [5.74, 6) is 0.777. The van der Waals surface area contributed by atoms with Gasteiger partial charge in [0.25, 0.3) is 5.91 Å². The molecular formula is C27H27NO4. The van der Waals surface area contributed by atoms with Crippen LogP contribution in [0, 0.1) is 6.92 Å². The van der Waals surface area contributed by atoms with Gasteiger partial charge in [0, 0.05) is 12.1 Å². The molecule has 3 aromatic rings. The van der Waals surface area contributed by atoms with Crippen LogP contribution in [0.25, 0.3) is 5.57 Å². The van der Waals surface area contributed by atoms with Crippen LogP contribution in [0.5, 0.6) is 11.5 Å². The summed E-state index contributed by atoms with van der Waals surface area (Å²) < 4.78 is 10.7. The number of amides is 1. The first kappa shape index (κ1) is 21.5. The lowest BCUT2D eigenvalue weighted by Gasteiger charge is -2.27. The average Bonchev–Trinajstić information content (AvgIpc) is 3.08. The lowest BCUT2D eigenvalue weighted by Crippen LogP contribution is -2.32. The Labute approximate surface area is 188 Å². The number of aryl methyl sites for hydroxylation is 1. The third-order valence-corrected chi connectivity index (χ3v) is 5.87. The summed E-state index contributed by atoms with van der Waals surface area (Å²) >= 11 is 0. The molecule has 0 aliphatic carbocycles. The van der Waals surface area contributed by atoms with E-state index >= 15 is 0 Å². The van der Waals surface area contributed by atoms with Crippen LogP contribution in [-0.2, 0) is 11.2 Å². The summed E-state index contributed by atoms with van der Waals surface area (Å²) in [4.78, 5) is 14.9. The molecule has 1 aliphatic rings. The quantitative estimate of drug-likeness (QED) is 0.567. The van der Waals surface area contributed by atoms with Crippen molar-refractivity contribution in [2.75, 3.05) is 20.8 Å². The van der Waals surface area contributed by atoms with Crippen molar-refractivity contribution in [3.05, 3.63) is 101 Å². The molecule has 3 aromatic carbocycles. The van der Waals surface area contributed by atoms with E-state index < -0.39 is 0 Å². The van der Waals surface area contributed by atoms with Crippen molar-refractivity contribution in [3.8, 4) is 11.5 Å². The fourth-order valence-corrected chi connectivity index (χ4v) is 4.18. The van der Waals surface area contributed by atoms with Gasteiger partial charge in [-0.1, -0.05) is 66.2 Å². The number of ether oxygens (including phenoxy) is 2. The number of hydrogen-bond acceptors (Lipinski definition) is 4. The van der Waals surface area contributed by atoms with Crippen LogP contribution >= 0.6 is 0 Å². The van der Waals surface area contributed by atoms with Gasteiger partial charge in [0.15, 0.2) is 17.3 Å². The van der Waals surface area contributed by atoms with Crippen LogP contribution < -0.4 is 9.47 Å². The number of aliphatic hydroxyl groups excluding tert-OH is 1. The number of hydrogen-bond donors (Lipinski definition) is 1. The molecule has 0 saturated heterocycles. The molecule has 0 saturated carbocycles.